The first-order valence-electron chi connectivity index (χ1n) is 12.8. The molecule has 2 aromatic heterocycles. The number of nitrogens with zero attached hydrogens (tertiary/aromatic N) is 5. The van der Waals surface area contributed by atoms with E-state index in [1.54, 1.807) is 10.8 Å². The van der Waals surface area contributed by atoms with E-state index in [0.717, 1.165) is 22.4 Å². The van der Waals surface area contributed by atoms with E-state index < -0.39 is 0 Å². The molecule has 0 saturated carbocycles. The van der Waals surface area contributed by atoms with Gasteiger partial charge in [0.1, 0.15) is 12.1 Å². The number of ketones is 1. The molecular weight excluding hydrogens is 478 g/mol. The smallest absolute Gasteiger partial charge is 0.228 e. The minimum atomic E-state index is -0.338. The average Bonchev–Trinajstić information content (AvgIpc) is 3.31. The minimum absolute atomic E-state index is 0.0948. The van der Waals surface area contributed by atoms with Gasteiger partial charge in [-0.2, -0.15) is 0 Å². The fourth-order valence-electron chi connectivity index (χ4n) is 5.26. The van der Waals surface area contributed by atoms with Crippen molar-refractivity contribution >= 4 is 17.1 Å². The van der Waals surface area contributed by atoms with E-state index in [0.29, 0.717) is 41.5 Å². The Morgan fingerprint density at radius 3 is 2.66 bits per heavy atom. The van der Waals surface area contributed by atoms with Gasteiger partial charge in [-0.1, -0.05) is 79.2 Å². The molecule has 1 aliphatic heterocycles. The topological polar surface area (TPSA) is 91.0 Å². The summed E-state index contributed by atoms with van der Waals surface area (Å²) in [5.74, 6) is 1.39. The summed E-state index contributed by atoms with van der Waals surface area (Å²) in [6.45, 7) is 8.23. The van der Waals surface area contributed by atoms with Crippen LogP contribution >= 0.6 is 0 Å². The first-order valence-corrected chi connectivity index (χ1v) is 12.8. The lowest BCUT2D eigenvalue weighted by molar-refractivity contribution is -0.118. The number of aryl methyl sites for hydroxylation is 1. The molecule has 8 heteroatoms. The Labute approximate surface area is 221 Å². The number of ether oxygens (including phenoxy) is 1. The molecule has 3 heterocycles. The molecule has 0 radical (unpaired) electrons. The highest BCUT2D eigenvalue weighted by molar-refractivity contribution is 6.00. The third kappa shape index (κ3) is 4.36. The number of oxime groups is 1. The molecule has 2 aliphatic rings. The molecule has 0 bridgehead atoms. The van der Waals surface area contributed by atoms with E-state index in [1.165, 1.54) is 5.56 Å². The van der Waals surface area contributed by atoms with Gasteiger partial charge in [-0.05, 0) is 30.4 Å². The third-order valence-corrected chi connectivity index (χ3v) is 7.10. The van der Waals surface area contributed by atoms with E-state index in [-0.39, 0.29) is 23.7 Å². The highest BCUT2D eigenvalue weighted by atomic mass is 16.6. The van der Waals surface area contributed by atoms with E-state index in [9.17, 15) is 4.79 Å². The quantitative estimate of drug-likeness (QED) is 0.260. The summed E-state index contributed by atoms with van der Waals surface area (Å²) in [6.07, 6.45) is 2.73. The number of rotatable bonds is 5. The molecule has 8 nitrogen and oxygen atoms in total. The number of aromatic nitrogens is 4. The van der Waals surface area contributed by atoms with Crippen LogP contribution in [0.3, 0.4) is 0 Å². The number of benzene rings is 2. The normalized spacial score (nSPS) is 18.7. The summed E-state index contributed by atoms with van der Waals surface area (Å²) in [6, 6.07) is 18.1. The Morgan fingerprint density at radius 1 is 1.13 bits per heavy atom. The largest absolute Gasteiger partial charge is 0.442 e. The second-order valence-corrected chi connectivity index (χ2v) is 10.8. The summed E-state index contributed by atoms with van der Waals surface area (Å²) >= 11 is 0. The van der Waals surface area contributed by atoms with Crippen LogP contribution in [0.4, 0.5) is 0 Å². The fraction of sp³-hybridized carbons (Fsp3) is 0.300. The number of hydrogen-bond donors (Lipinski definition) is 0. The van der Waals surface area contributed by atoms with Gasteiger partial charge in [0.05, 0.1) is 11.3 Å². The van der Waals surface area contributed by atoms with Crippen molar-refractivity contribution in [3.8, 4) is 5.88 Å². The highest BCUT2D eigenvalue weighted by Gasteiger charge is 2.43. The zero-order valence-corrected chi connectivity index (χ0v) is 21.9. The molecule has 192 valence electrons. The van der Waals surface area contributed by atoms with Crippen LogP contribution in [0.5, 0.6) is 5.88 Å². The van der Waals surface area contributed by atoms with Crippen molar-refractivity contribution in [1.82, 2.24) is 19.6 Å². The summed E-state index contributed by atoms with van der Waals surface area (Å²) in [4.78, 5) is 28.5. The summed E-state index contributed by atoms with van der Waals surface area (Å²) < 4.78 is 7.92. The van der Waals surface area contributed by atoms with Gasteiger partial charge in [0.2, 0.25) is 5.88 Å². The van der Waals surface area contributed by atoms with Crippen LogP contribution in [0.25, 0.3) is 5.65 Å². The molecule has 0 saturated heterocycles. The molecule has 0 amide bonds. The van der Waals surface area contributed by atoms with Crippen LogP contribution in [-0.2, 0) is 16.2 Å². The Bertz CT molecular complexity index is 1600. The number of hydrogen-bond acceptors (Lipinski definition) is 7. The molecule has 1 aliphatic carbocycles. The molecule has 1 atom stereocenters. The van der Waals surface area contributed by atoms with Gasteiger partial charge in [-0.25, -0.2) is 14.5 Å². The lowest BCUT2D eigenvalue weighted by Crippen LogP contribution is -2.33. The maximum Gasteiger partial charge on any atom is 0.228 e. The first kappa shape index (κ1) is 24.0. The van der Waals surface area contributed by atoms with Crippen LogP contribution in [0.15, 0.2) is 77.4 Å². The van der Waals surface area contributed by atoms with Crippen molar-refractivity contribution in [3.63, 3.8) is 0 Å². The van der Waals surface area contributed by atoms with E-state index in [2.05, 4.69) is 29.1 Å². The monoisotopic (exact) mass is 507 g/mol. The van der Waals surface area contributed by atoms with E-state index in [1.807, 2.05) is 68.4 Å². The molecular formula is C30H29N5O3. The molecule has 6 rings (SSSR count). The zero-order chi connectivity index (χ0) is 26.4. The van der Waals surface area contributed by atoms with E-state index in [4.69, 9.17) is 14.6 Å². The maximum absolute atomic E-state index is 13.5. The van der Waals surface area contributed by atoms with Gasteiger partial charge in [0.25, 0.3) is 0 Å². The van der Waals surface area contributed by atoms with Crippen molar-refractivity contribution in [2.45, 2.75) is 53.1 Å². The van der Waals surface area contributed by atoms with Gasteiger partial charge in [-0.15, -0.1) is 5.10 Å². The molecule has 1 unspecified atom stereocenters. The van der Waals surface area contributed by atoms with E-state index >= 15 is 0 Å². The second-order valence-electron chi connectivity index (χ2n) is 10.8. The number of allylic oxidation sites excluding steroid dienone is 2. The van der Waals surface area contributed by atoms with Crippen LogP contribution in [-0.4, -0.2) is 31.1 Å². The SMILES string of the molecule is C/C(=N\OCc1nc2c3c(ncn2n1)OC1=C(C(=O)CC(C)(C)C1)C3c1ccccc1)c1ccc(C)cc1. The van der Waals surface area contributed by atoms with Gasteiger partial charge >= 0.3 is 0 Å². The Kier molecular flexibility index (Phi) is 5.82. The number of fused-ring (bicyclic) bond motifs is 3. The Balaban J connectivity index is 1.37. The van der Waals surface area contributed by atoms with Crippen LogP contribution in [0, 0.1) is 12.3 Å². The van der Waals surface area contributed by atoms with Crippen LogP contribution in [0.2, 0.25) is 0 Å². The second kappa shape index (κ2) is 9.20. The molecule has 0 N–H and O–H groups in total. The van der Waals surface area contributed by atoms with Crippen molar-refractivity contribution < 1.29 is 14.4 Å². The lowest BCUT2D eigenvalue weighted by Gasteiger charge is -2.37. The number of carbonyl (C=O) groups is 1. The van der Waals surface area contributed by atoms with Gasteiger partial charge in [0.15, 0.2) is 23.9 Å². The molecule has 4 aromatic rings. The predicted octanol–water partition coefficient (Wildman–Crippen LogP) is 5.54. The maximum atomic E-state index is 13.5. The van der Waals surface area contributed by atoms with Gasteiger partial charge in [-0.3, -0.25) is 4.79 Å². The Morgan fingerprint density at radius 2 is 1.89 bits per heavy atom. The summed E-state index contributed by atoms with van der Waals surface area (Å²) in [5, 5.41) is 8.82. The van der Waals surface area contributed by atoms with Gasteiger partial charge in [0, 0.05) is 24.3 Å². The number of carbonyl (C=O) groups excluding carboxylic acids is 1. The van der Waals surface area contributed by atoms with Crippen molar-refractivity contribution in [3.05, 3.63) is 100 Å². The molecule has 0 fully saturated rings. The molecule has 38 heavy (non-hydrogen) atoms. The fourth-order valence-corrected chi connectivity index (χ4v) is 5.26. The average molecular weight is 508 g/mol. The standard InChI is InChI=1S/C30H29N5O3/c1-18-10-12-20(13-11-18)19(2)34-37-16-24-32-28-27-25(21-8-6-5-7-9-21)26-22(36)14-30(3,4)15-23(26)38-29(27)31-17-35(28)33-24/h5-13,17,25H,14-16H2,1-4H3/b34-19+. The predicted molar refractivity (Wildman–Crippen MR) is 143 cm³/mol. The lowest BCUT2D eigenvalue weighted by atomic mass is 9.70. The van der Waals surface area contributed by atoms with Gasteiger partial charge < -0.3 is 9.57 Å². The van der Waals surface area contributed by atoms with Crippen molar-refractivity contribution in [2.75, 3.05) is 0 Å². The van der Waals surface area contributed by atoms with Crippen molar-refractivity contribution in [1.29, 1.82) is 0 Å². The zero-order valence-electron chi connectivity index (χ0n) is 21.9. The number of Topliss-reactive ketones (excluding diaryl/α,β-unsaturated/α-hetero) is 1. The van der Waals surface area contributed by atoms with Crippen LogP contribution < -0.4 is 4.74 Å². The molecule has 0 spiro atoms. The summed E-state index contributed by atoms with van der Waals surface area (Å²) in [5.41, 5.74) is 5.79. The van der Waals surface area contributed by atoms with Crippen LogP contribution in [0.1, 0.15) is 67.6 Å². The first-order chi connectivity index (χ1) is 18.3. The molecule has 2 aromatic carbocycles. The highest BCUT2D eigenvalue weighted by Crippen LogP contribution is 2.50. The third-order valence-electron chi connectivity index (χ3n) is 7.10. The van der Waals surface area contributed by atoms with Crippen molar-refractivity contribution in [2.24, 2.45) is 10.6 Å². The Hall–Kier alpha value is -4.33. The summed E-state index contributed by atoms with van der Waals surface area (Å²) in [7, 11) is 0. The minimum Gasteiger partial charge on any atom is -0.442 e.